The second-order valence-electron chi connectivity index (χ2n) is 3.71. The van der Waals surface area contributed by atoms with Crippen molar-refractivity contribution in [1.82, 2.24) is 4.98 Å². The zero-order chi connectivity index (χ0) is 10.7. The smallest absolute Gasteiger partial charge is 0.145 e. The largest absolute Gasteiger partial charge is 0.250 e. The highest BCUT2D eigenvalue weighted by atomic mass is 19.1. The second-order valence-corrected chi connectivity index (χ2v) is 3.71. The highest BCUT2D eigenvalue weighted by Gasteiger charge is 2.05. The maximum Gasteiger partial charge on any atom is 0.145 e. The Bertz CT molecular complexity index is 465. The van der Waals surface area contributed by atoms with E-state index in [4.69, 9.17) is 0 Å². The number of pyridine rings is 1. The van der Waals surface area contributed by atoms with Gasteiger partial charge >= 0.3 is 0 Å². The molecule has 0 saturated heterocycles. The van der Waals surface area contributed by atoms with Crippen molar-refractivity contribution in [2.75, 3.05) is 0 Å². The van der Waals surface area contributed by atoms with Crippen LogP contribution in [0.3, 0.4) is 0 Å². The van der Waals surface area contributed by atoms with E-state index in [1.807, 2.05) is 24.3 Å². The lowest BCUT2D eigenvalue weighted by molar-refractivity contribution is 0.594. The molecule has 0 N–H and O–H groups in total. The Morgan fingerprint density at radius 1 is 1.27 bits per heavy atom. The van der Waals surface area contributed by atoms with Gasteiger partial charge in [0.05, 0.1) is 11.2 Å². The number of hydrogen-bond donors (Lipinski definition) is 0. The van der Waals surface area contributed by atoms with Crippen molar-refractivity contribution in [1.29, 1.82) is 0 Å². The van der Waals surface area contributed by atoms with E-state index in [1.54, 1.807) is 6.07 Å². The van der Waals surface area contributed by atoms with Crippen molar-refractivity contribution in [3.8, 4) is 0 Å². The van der Waals surface area contributed by atoms with E-state index in [9.17, 15) is 4.39 Å². The molecule has 0 radical (unpaired) electrons. The third kappa shape index (κ3) is 2.14. The highest BCUT2D eigenvalue weighted by Crippen LogP contribution is 2.16. The Morgan fingerprint density at radius 2 is 2.07 bits per heavy atom. The number of nitrogens with zero attached hydrogens (tertiary/aromatic N) is 1. The van der Waals surface area contributed by atoms with E-state index >= 15 is 0 Å². The van der Waals surface area contributed by atoms with Crippen molar-refractivity contribution in [2.45, 2.75) is 26.2 Å². The molecule has 2 rings (SSSR count). The summed E-state index contributed by atoms with van der Waals surface area (Å²) in [6, 6.07) is 9.21. The van der Waals surface area contributed by atoms with Crippen LogP contribution in [0.5, 0.6) is 0 Å². The van der Waals surface area contributed by atoms with Gasteiger partial charge in [0.2, 0.25) is 0 Å². The molecule has 0 bridgehead atoms. The molecular weight excluding hydrogens is 189 g/mol. The van der Waals surface area contributed by atoms with Crippen LogP contribution in [0.2, 0.25) is 0 Å². The number of para-hydroxylation sites is 1. The SMILES string of the molecule is CCCCc1nc2ccccc2cc1F. The molecule has 0 spiro atoms. The Morgan fingerprint density at radius 3 is 2.87 bits per heavy atom. The Hall–Kier alpha value is -1.44. The van der Waals surface area contributed by atoms with Crippen molar-refractivity contribution in [3.63, 3.8) is 0 Å². The van der Waals surface area contributed by atoms with Gasteiger partial charge in [-0.3, -0.25) is 0 Å². The van der Waals surface area contributed by atoms with E-state index in [-0.39, 0.29) is 5.82 Å². The van der Waals surface area contributed by atoms with Gasteiger partial charge in [-0.25, -0.2) is 9.37 Å². The summed E-state index contributed by atoms with van der Waals surface area (Å²) in [6.45, 7) is 2.10. The molecule has 2 heteroatoms. The minimum Gasteiger partial charge on any atom is -0.250 e. The predicted molar refractivity (Wildman–Crippen MR) is 60.3 cm³/mol. The van der Waals surface area contributed by atoms with Gasteiger partial charge in [-0.2, -0.15) is 0 Å². The molecule has 78 valence electrons. The first-order chi connectivity index (χ1) is 7.31. The number of fused-ring (bicyclic) bond motifs is 1. The predicted octanol–water partition coefficient (Wildman–Crippen LogP) is 3.72. The van der Waals surface area contributed by atoms with Crippen LogP contribution in [0, 0.1) is 5.82 Å². The van der Waals surface area contributed by atoms with Gasteiger partial charge in [0.25, 0.3) is 0 Å². The number of aryl methyl sites for hydroxylation is 1. The molecule has 0 saturated carbocycles. The second kappa shape index (κ2) is 4.39. The average Bonchev–Trinajstić information content (AvgIpc) is 2.26. The molecule has 0 unspecified atom stereocenters. The normalized spacial score (nSPS) is 10.8. The lowest BCUT2D eigenvalue weighted by Crippen LogP contribution is -1.95. The molecule has 1 nitrogen and oxygen atoms in total. The molecule has 15 heavy (non-hydrogen) atoms. The minimum absolute atomic E-state index is 0.179. The average molecular weight is 203 g/mol. The quantitative estimate of drug-likeness (QED) is 0.741. The Labute approximate surface area is 89.0 Å². The van der Waals surface area contributed by atoms with Crippen LogP contribution in [0.4, 0.5) is 4.39 Å². The summed E-state index contributed by atoms with van der Waals surface area (Å²) in [4.78, 5) is 4.34. The van der Waals surface area contributed by atoms with Crippen LogP contribution in [0.25, 0.3) is 10.9 Å². The zero-order valence-corrected chi connectivity index (χ0v) is 8.83. The molecule has 1 heterocycles. The molecule has 2 aromatic rings. The number of benzene rings is 1. The van der Waals surface area contributed by atoms with Crippen molar-refractivity contribution < 1.29 is 4.39 Å². The third-order valence-electron chi connectivity index (χ3n) is 2.52. The van der Waals surface area contributed by atoms with Gasteiger partial charge in [-0.15, -0.1) is 0 Å². The fourth-order valence-corrected chi connectivity index (χ4v) is 1.65. The Balaban J connectivity index is 2.43. The lowest BCUT2D eigenvalue weighted by Gasteiger charge is -2.03. The molecule has 0 fully saturated rings. The first-order valence-electron chi connectivity index (χ1n) is 5.35. The summed E-state index contributed by atoms with van der Waals surface area (Å²) in [7, 11) is 0. The monoisotopic (exact) mass is 203 g/mol. The molecule has 0 amide bonds. The molecule has 0 atom stereocenters. The maximum absolute atomic E-state index is 13.6. The molecule has 0 aliphatic heterocycles. The summed E-state index contributed by atoms with van der Waals surface area (Å²) in [5, 5.41) is 0.871. The first kappa shape index (κ1) is 10.1. The van der Waals surface area contributed by atoms with Gasteiger partial charge in [0.15, 0.2) is 0 Å². The molecule has 0 aliphatic carbocycles. The number of hydrogen-bond acceptors (Lipinski definition) is 1. The fraction of sp³-hybridized carbons (Fsp3) is 0.308. The number of unbranched alkanes of at least 4 members (excludes halogenated alkanes) is 1. The number of aromatic nitrogens is 1. The molecule has 1 aromatic heterocycles. The zero-order valence-electron chi connectivity index (χ0n) is 8.83. The summed E-state index contributed by atoms with van der Waals surface area (Å²) < 4.78 is 13.6. The van der Waals surface area contributed by atoms with E-state index in [0.717, 1.165) is 30.2 Å². The summed E-state index contributed by atoms with van der Waals surface area (Å²) in [5.41, 5.74) is 1.47. The van der Waals surface area contributed by atoms with Gasteiger partial charge in [0, 0.05) is 5.39 Å². The standard InChI is InChI=1S/C13H14FN/c1-2-3-7-13-11(14)9-10-6-4-5-8-12(10)15-13/h4-6,8-9H,2-3,7H2,1H3. The lowest BCUT2D eigenvalue weighted by atomic mass is 10.1. The van der Waals surface area contributed by atoms with Gasteiger partial charge in [-0.1, -0.05) is 31.5 Å². The van der Waals surface area contributed by atoms with Crippen molar-refractivity contribution in [2.24, 2.45) is 0 Å². The van der Waals surface area contributed by atoms with Crippen molar-refractivity contribution >= 4 is 10.9 Å². The van der Waals surface area contributed by atoms with E-state index in [0.29, 0.717) is 5.69 Å². The van der Waals surface area contributed by atoms with Gasteiger partial charge in [0.1, 0.15) is 5.82 Å². The van der Waals surface area contributed by atoms with Gasteiger partial charge < -0.3 is 0 Å². The maximum atomic E-state index is 13.6. The third-order valence-corrected chi connectivity index (χ3v) is 2.52. The van der Waals surface area contributed by atoms with E-state index < -0.39 is 0 Å². The summed E-state index contributed by atoms with van der Waals surface area (Å²) >= 11 is 0. The van der Waals surface area contributed by atoms with Crippen LogP contribution in [0.15, 0.2) is 30.3 Å². The van der Waals surface area contributed by atoms with Gasteiger partial charge in [-0.05, 0) is 25.0 Å². The Kier molecular flexibility index (Phi) is 2.95. The minimum atomic E-state index is -0.179. The van der Waals surface area contributed by atoms with Crippen molar-refractivity contribution in [3.05, 3.63) is 41.8 Å². The molecule has 0 aliphatic rings. The van der Waals surface area contributed by atoms with Crippen LogP contribution < -0.4 is 0 Å². The van der Waals surface area contributed by atoms with E-state index in [1.165, 1.54) is 0 Å². The molecular formula is C13H14FN. The highest BCUT2D eigenvalue weighted by molar-refractivity contribution is 5.78. The summed E-state index contributed by atoms with van der Waals surface area (Å²) in [6.07, 6.45) is 2.78. The number of halogens is 1. The summed E-state index contributed by atoms with van der Waals surface area (Å²) in [5.74, 6) is -0.179. The van der Waals surface area contributed by atoms with Crippen LogP contribution in [0.1, 0.15) is 25.5 Å². The van der Waals surface area contributed by atoms with E-state index in [2.05, 4.69) is 11.9 Å². The van der Waals surface area contributed by atoms with Crippen LogP contribution in [-0.4, -0.2) is 4.98 Å². The first-order valence-corrected chi connectivity index (χ1v) is 5.35. The number of rotatable bonds is 3. The molecule has 1 aromatic carbocycles. The topological polar surface area (TPSA) is 12.9 Å². The van der Waals surface area contributed by atoms with Crippen LogP contribution >= 0.6 is 0 Å². The van der Waals surface area contributed by atoms with Crippen LogP contribution in [-0.2, 0) is 6.42 Å². The fourth-order valence-electron chi connectivity index (χ4n) is 1.65.